The number of carbonyl (C=O) groups excluding carboxylic acids is 1. The van der Waals surface area contributed by atoms with E-state index in [0.29, 0.717) is 6.42 Å². The fourth-order valence-corrected chi connectivity index (χ4v) is 0.555. The summed E-state index contributed by atoms with van der Waals surface area (Å²) in [7, 11) is 0. The van der Waals surface area contributed by atoms with E-state index in [1.54, 1.807) is 6.92 Å². The van der Waals surface area contributed by atoms with Gasteiger partial charge in [-0.15, -0.1) is 0 Å². The van der Waals surface area contributed by atoms with E-state index in [1.807, 2.05) is 6.92 Å². The molecule has 6 heteroatoms. The summed E-state index contributed by atoms with van der Waals surface area (Å²) in [6.07, 6.45) is -7.30. The molecule has 0 radical (unpaired) electrons. The average molecular weight is 214 g/mol. The number of halogens is 3. The Hall–Kier alpha value is -0.780. The molecule has 0 heterocycles. The third-order valence-electron chi connectivity index (χ3n) is 1.74. The van der Waals surface area contributed by atoms with Crippen molar-refractivity contribution >= 4 is 5.97 Å². The van der Waals surface area contributed by atoms with Crippen LogP contribution >= 0.6 is 0 Å². The monoisotopic (exact) mass is 214 g/mol. The van der Waals surface area contributed by atoms with Gasteiger partial charge >= 0.3 is 12.1 Å². The summed E-state index contributed by atoms with van der Waals surface area (Å²) in [6.45, 7) is 3.44. The maximum Gasteiger partial charge on any atom is 0.425 e. The van der Waals surface area contributed by atoms with Crippen LogP contribution in [-0.2, 0) is 9.53 Å². The molecule has 0 aliphatic heterocycles. The Morgan fingerprint density at radius 1 is 1.50 bits per heavy atom. The van der Waals surface area contributed by atoms with Crippen molar-refractivity contribution in [2.45, 2.75) is 32.5 Å². The first-order valence-electron chi connectivity index (χ1n) is 4.20. The van der Waals surface area contributed by atoms with Crippen LogP contribution in [0.5, 0.6) is 0 Å². The summed E-state index contributed by atoms with van der Waals surface area (Å²) >= 11 is 0. The molecule has 0 aliphatic rings. The van der Waals surface area contributed by atoms with E-state index in [9.17, 15) is 18.0 Å². The Labute approximate surface area is 79.9 Å². The molecule has 0 saturated heterocycles. The van der Waals surface area contributed by atoms with Crippen LogP contribution in [-0.4, -0.2) is 30.0 Å². The fraction of sp³-hybridized carbons (Fsp3) is 0.875. The lowest BCUT2D eigenvalue weighted by Gasteiger charge is -2.15. The molecule has 0 aromatic carbocycles. The smallest absolute Gasteiger partial charge is 0.425 e. The standard InChI is InChI=1S/C8H13F3O3/c1-3-5(2)4-14-7(13)6(12)8(9,10)11/h5-6,12H,3-4H2,1-2H3. The molecule has 0 aliphatic carbocycles. The maximum absolute atomic E-state index is 11.8. The molecule has 0 saturated carbocycles. The number of hydrogen-bond donors (Lipinski definition) is 1. The molecule has 0 amide bonds. The molecule has 0 aromatic heterocycles. The largest absolute Gasteiger partial charge is 0.463 e. The van der Waals surface area contributed by atoms with Crippen LogP contribution in [0.2, 0.25) is 0 Å². The number of rotatable bonds is 4. The molecule has 0 fully saturated rings. The van der Waals surface area contributed by atoms with Gasteiger partial charge in [-0.25, -0.2) is 4.79 Å². The van der Waals surface area contributed by atoms with Gasteiger partial charge in [0.2, 0.25) is 6.10 Å². The molecule has 0 spiro atoms. The van der Waals surface area contributed by atoms with Gasteiger partial charge in [-0.3, -0.25) is 0 Å². The number of ether oxygens (including phenoxy) is 1. The van der Waals surface area contributed by atoms with Gasteiger partial charge in [0.25, 0.3) is 0 Å². The van der Waals surface area contributed by atoms with Gasteiger partial charge in [-0.2, -0.15) is 13.2 Å². The zero-order chi connectivity index (χ0) is 11.4. The Morgan fingerprint density at radius 3 is 2.36 bits per heavy atom. The number of carbonyl (C=O) groups is 1. The first-order valence-corrected chi connectivity index (χ1v) is 4.20. The van der Waals surface area contributed by atoms with Gasteiger partial charge in [-0.05, 0) is 5.92 Å². The number of alkyl halides is 3. The van der Waals surface area contributed by atoms with Gasteiger partial charge in [0.15, 0.2) is 0 Å². The van der Waals surface area contributed by atoms with Gasteiger partial charge in [0.1, 0.15) is 0 Å². The number of aliphatic hydroxyl groups is 1. The SMILES string of the molecule is CCC(C)COC(=O)C(O)C(F)(F)F. The van der Waals surface area contributed by atoms with Crippen LogP contribution in [0.25, 0.3) is 0 Å². The quantitative estimate of drug-likeness (QED) is 0.721. The fourth-order valence-electron chi connectivity index (χ4n) is 0.555. The minimum atomic E-state index is -4.95. The second-order valence-electron chi connectivity index (χ2n) is 3.09. The average Bonchev–Trinajstić information content (AvgIpc) is 2.10. The predicted molar refractivity (Wildman–Crippen MR) is 42.5 cm³/mol. The van der Waals surface area contributed by atoms with Crippen molar-refractivity contribution in [2.24, 2.45) is 5.92 Å². The van der Waals surface area contributed by atoms with Crippen molar-refractivity contribution in [3.8, 4) is 0 Å². The normalized spacial score (nSPS) is 16.1. The summed E-state index contributed by atoms with van der Waals surface area (Å²) in [4.78, 5) is 10.6. The first kappa shape index (κ1) is 13.2. The highest BCUT2D eigenvalue weighted by Crippen LogP contribution is 2.21. The van der Waals surface area contributed by atoms with Gasteiger partial charge in [-0.1, -0.05) is 20.3 Å². The summed E-state index contributed by atoms with van der Waals surface area (Å²) < 4.78 is 39.5. The summed E-state index contributed by atoms with van der Waals surface area (Å²) in [5, 5.41) is 8.44. The van der Waals surface area contributed by atoms with E-state index in [4.69, 9.17) is 5.11 Å². The van der Waals surface area contributed by atoms with Crippen LogP contribution in [0.15, 0.2) is 0 Å². The lowest BCUT2D eigenvalue weighted by atomic mass is 10.1. The predicted octanol–water partition coefficient (Wildman–Crippen LogP) is 1.50. The highest BCUT2D eigenvalue weighted by molar-refractivity contribution is 5.75. The van der Waals surface area contributed by atoms with Gasteiger partial charge < -0.3 is 9.84 Å². The molecule has 0 rings (SSSR count). The molecular formula is C8H13F3O3. The second kappa shape index (κ2) is 5.19. The van der Waals surface area contributed by atoms with Crippen molar-refractivity contribution in [1.29, 1.82) is 0 Å². The Balaban J connectivity index is 3.97. The van der Waals surface area contributed by atoms with Crippen LogP contribution in [0.1, 0.15) is 20.3 Å². The molecule has 84 valence electrons. The Bertz CT molecular complexity index is 191. The van der Waals surface area contributed by atoms with E-state index in [-0.39, 0.29) is 12.5 Å². The van der Waals surface area contributed by atoms with Crippen LogP contribution < -0.4 is 0 Å². The third kappa shape index (κ3) is 4.45. The van der Waals surface area contributed by atoms with Crippen molar-refractivity contribution in [2.75, 3.05) is 6.61 Å². The van der Waals surface area contributed by atoms with E-state index in [0.717, 1.165) is 0 Å². The van der Waals surface area contributed by atoms with Crippen LogP contribution in [0, 0.1) is 5.92 Å². The van der Waals surface area contributed by atoms with Crippen molar-refractivity contribution in [1.82, 2.24) is 0 Å². The minimum absolute atomic E-state index is 0.0145. The highest BCUT2D eigenvalue weighted by Gasteiger charge is 2.44. The molecule has 0 bridgehead atoms. The highest BCUT2D eigenvalue weighted by atomic mass is 19.4. The molecule has 2 atom stereocenters. The van der Waals surface area contributed by atoms with E-state index >= 15 is 0 Å². The Morgan fingerprint density at radius 2 is 2.00 bits per heavy atom. The van der Waals surface area contributed by atoms with E-state index < -0.39 is 18.2 Å². The molecule has 1 N–H and O–H groups in total. The van der Waals surface area contributed by atoms with E-state index in [2.05, 4.69) is 4.74 Å². The third-order valence-corrected chi connectivity index (χ3v) is 1.74. The van der Waals surface area contributed by atoms with Crippen molar-refractivity contribution in [3.05, 3.63) is 0 Å². The molecule has 14 heavy (non-hydrogen) atoms. The number of hydrogen-bond acceptors (Lipinski definition) is 3. The lowest BCUT2D eigenvalue weighted by Crippen LogP contribution is -2.38. The lowest BCUT2D eigenvalue weighted by molar-refractivity contribution is -0.218. The zero-order valence-corrected chi connectivity index (χ0v) is 7.97. The van der Waals surface area contributed by atoms with Crippen LogP contribution in [0.4, 0.5) is 13.2 Å². The topological polar surface area (TPSA) is 46.5 Å². The van der Waals surface area contributed by atoms with E-state index in [1.165, 1.54) is 0 Å². The maximum atomic E-state index is 11.8. The second-order valence-corrected chi connectivity index (χ2v) is 3.09. The first-order chi connectivity index (χ1) is 6.29. The molecular weight excluding hydrogens is 201 g/mol. The van der Waals surface area contributed by atoms with Gasteiger partial charge in [0.05, 0.1) is 6.61 Å². The number of esters is 1. The van der Waals surface area contributed by atoms with Crippen molar-refractivity contribution < 1.29 is 27.8 Å². The molecule has 0 aromatic rings. The zero-order valence-electron chi connectivity index (χ0n) is 7.97. The number of aliphatic hydroxyl groups excluding tert-OH is 1. The van der Waals surface area contributed by atoms with Gasteiger partial charge in [0, 0.05) is 0 Å². The van der Waals surface area contributed by atoms with Crippen molar-refractivity contribution in [3.63, 3.8) is 0 Å². The Kier molecular flexibility index (Phi) is 4.90. The molecule has 2 unspecified atom stereocenters. The summed E-state index contributed by atoms with van der Waals surface area (Å²) in [6, 6.07) is 0. The summed E-state index contributed by atoms with van der Waals surface area (Å²) in [5.74, 6) is -1.66. The minimum Gasteiger partial charge on any atom is -0.463 e. The summed E-state index contributed by atoms with van der Waals surface area (Å²) in [5.41, 5.74) is 0. The molecule has 3 nitrogen and oxygen atoms in total. The van der Waals surface area contributed by atoms with Crippen LogP contribution in [0.3, 0.4) is 0 Å².